The highest BCUT2D eigenvalue weighted by Gasteiger charge is 2.12. The molecule has 3 rings (SSSR count). The first-order valence-corrected chi connectivity index (χ1v) is 8.22. The van der Waals surface area contributed by atoms with Crippen molar-refractivity contribution >= 4 is 40.8 Å². The molecule has 0 fully saturated rings. The summed E-state index contributed by atoms with van der Waals surface area (Å²) < 4.78 is 10.9. The number of halogens is 3. The second-order valence-corrected chi connectivity index (χ2v) is 6.13. The summed E-state index contributed by atoms with van der Waals surface area (Å²) in [7, 11) is 0. The Morgan fingerprint density at radius 1 is 0.880 bits per heavy atom. The van der Waals surface area contributed by atoms with E-state index in [0.29, 0.717) is 32.1 Å². The molecule has 0 amide bonds. The molecule has 0 bridgehead atoms. The molecule has 0 radical (unpaired) electrons. The third kappa shape index (κ3) is 4.42. The van der Waals surface area contributed by atoms with Gasteiger partial charge in [-0.05, 0) is 42.5 Å². The van der Waals surface area contributed by atoms with Gasteiger partial charge in [-0.3, -0.25) is 0 Å². The van der Waals surface area contributed by atoms with E-state index in [4.69, 9.17) is 44.3 Å². The van der Waals surface area contributed by atoms with Gasteiger partial charge < -0.3 is 9.47 Å². The van der Waals surface area contributed by atoms with Crippen LogP contribution in [0.1, 0.15) is 10.4 Å². The van der Waals surface area contributed by atoms with E-state index in [1.165, 1.54) is 12.3 Å². The number of hydrogen-bond acceptors (Lipinski definition) is 4. The van der Waals surface area contributed by atoms with Crippen LogP contribution >= 0.6 is 34.8 Å². The quantitative estimate of drug-likeness (QED) is 0.399. The zero-order valence-corrected chi connectivity index (χ0v) is 14.8. The molecule has 0 saturated heterocycles. The van der Waals surface area contributed by atoms with E-state index in [1.54, 1.807) is 48.5 Å². The average Bonchev–Trinajstić information content (AvgIpc) is 2.59. The van der Waals surface area contributed by atoms with Gasteiger partial charge in [-0.25, -0.2) is 9.78 Å². The van der Waals surface area contributed by atoms with E-state index in [-0.39, 0.29) is 5.88 Å². The monoisotopic (exact) mass is 393 g/mol. The van der Waals surface area contributed by atoms with Gasteiger partial charge in [-0.2, -0.15) is 0 Å². The van der Waals surface area contributed by atoms with Crippen molar-refractivity contribution in [3.63, 3.8) is 0 Å². The zero-order chi connectivity index (χ0) is 17.8. The summed E-state index contributed by atoms with van der Waals surface area (Å²) in [5, 5.41) is 1.04. The molecule has 0 aliphatic rings. The predicted octanol–water partition coefficient (Wildman–Crippen LogP) is 6.05. The van der Waals surface area contributed by atoms with Gasteiger partial charge in [0.25, 0.3) is 0 Å². The molecule has 0 atom stereocenters. The Labute approximate surface area is 158 Å². The van der Waals surface area contributed by atoms with Crippen LogP contribution in [-0.4, -0.2) is 11.0 Å². The summed E-state index contributed by atoms with van der Waals surface area (Å²) in [6.07, 6.45) is 1.43. The highest BCUT2D eigenvalue weighted by Crippen LogP contribution is 2.30. The normalized spacial score (nSPS) is 10.4. The zero-order valence-electron chi connectivity index (χ0n) is 12.6. The first-order chi connectivity index (χ1) is 12.0. The van der Waals surface area contributed by atoms with Crippen LogP contribution in [0.5, 0.6) is 17.4 Å². The van der Waals surface area contributed by atoms with E-state index in [9.17, 15) is 4.79 Å². The number of carbonyl (C=O) groups excluding carboxylic acids is 1. The number of ether oxygens (including phenoxy) is 2. The van der Waals surface area contributed by atoms with Gasteiger partial charge in [0, 0.05) is 6.20 Å². The number of pyridine rings is 1. The van der Waals surface area contributed by atoms with E-state index in [0.717, 1.165) is 0 Å². The van der Waals surface area contributed by atoms with Crippen LogP contribution < -0.4 is 9.47 Å². The fourth-order valence-corrected chi connectivity index (χ4v) is 2.58. The first kappa shape index (κ1) is 17.5. The number of aromatic nitrogens is 1. The summed E-state index contributed by atoms with van der Waals surface area (Å²) in [5.74, 6) is 0.523. The molecule has 25 heavy (non-hydrogen) atoms. The molecule has 0 aliphatic heterocycles. The van der Waals surface area contributed by atoms with Gasteiger partial charge in [0.15, 0.2) is 0 Å². The van der Waals surface area contributed by atoms with E-state index >= 15 is 0 Å². The number of benzene rings is 2. The summed E-state index contributed by atoms with van der Waals surface area (Å²) >= 11 is 17.8. The number of carbonyl (C=O) groups is 1. The molecular formula is C18H10Cl3NO3. The van der Waals surface area contributed by atoms with Crippen molar-refractivity contribution in [3.8, 4) is 17.4 Å². The topological polar surface area (TPSA) is 48.4 Å². The lowest BCUT2D eigenvalue weighted by atomic mass is 10.2. The molecule has 2 aromatic carbocycles. The molecule has 0 saturated carbocycles. The van der Waals surface area contributed by atoms with Gasteiger partial charge in [-0.1, -0.05) is 46.9 Å². The minimum atomic E-state index is -0.540. The lowest BCUT2D eigenvalue weighted by Crippen LogP contribution is -2.08. The Morgan fingerprint density at radius 3 is 2.24 bits per heavy atom. The molecule has 3 aromatic rings. The number of hydrogen-bond donors (Lipinski definition) is 0. The highest BCUT2D eigenvalue weighted by atomic mass is 35.5. The van der Waals surface area contributed by atoms with Crippen molar-refractivity contribution in [1.29, 1.82) is 0 Å². The SMILES string of the molecule is O=C(Oc1ccc(Oc2ncc(Cl)cc2Cl)cc1)c1ccccc1Cl. The van der Waals surface area contributed by atoms with Crippen LogP contribution in [0.4, 0.5) is 0 Å². The molecule has 0 N–H and O–H groups in total. The fraction of sp³-hybridized carbons (Fsp3) is 0. The van der Waals surface area contributed by atoms with Gasteiger partial charge in [-0.15, -0.1) is 0 Å². The van der Waals surface area contributed by atoms with Crippen LogP contribution in [0.15, 0.2) is 60.8 Å². The lowest BCUT2D eigenvalue weighted by molar-refractivity contribution is 0.0735. The standard InChI is InChI=1S/C18H10Cl3NO3/c19-11-9-16(21)17(22-10-11)24-12-5-7-13(8-6-12)25-18(23)14-3-1-2-4-15(14)20/h1-10H. The van der Waals surface area contributed by atoms with Gasteiger partial charge >= 0.3 is 5.97 Å². The maximum atomic E-state index is 12.1. The largest absolute Gasteiger partial charge is 0.438 e. The fourth-order valence-electron chi connectivity index (χ4n) is 1.95. The minimum absolute atomic E-state index is 0.229. The molecule has 4 nitrogen and oxygen atoms in total. The Morgan fingerprint density at radius 2 is 1.56 bits per heavy atom. The van der Waals surface area contributed by atoms with Gasteiger partial charge in [0.1, 0.15) is 16.5 Å². The van der Waals surface area contributed by atoms with Crippen LogP contribution in [-0.2, 0) is 0 Å². The molecule has 0 aliphatic carbocycles. The summed E-state index contributed by atoms with van der Waals surface area (Å²) in [6, 6.07) is 14.6. The van der Waals surface area contributed by atoms with Crippen molar-refractivity contribution in [1.82, 2.24) is 4.98 Å². The Kier molecular flexibility index (Phi) is 5.43. The number of nitrogens with zero attached hydrogens (tertiary/aromatic N) is 1. The Hall–Kier alpha value is -2.27. The molecule has 1 heterocycles. The maximum absolute atomic E-state index is 12.1. The summed E-state index contributed by atoms with van der Waals surface area (Å²) in [5.41, 5.74) is 0.293. The van der Waals surface area contributed by atoms with E-state index < -0.39 is 5.97 Å². The predicted molar refractivity (Wildman–Crippen MR) is 97.2 cm³/mol. The van der Waals surface area contributed by atoms with Gasteiger partial charge in [0.05, 0.1) is 15.6 Å². The van der Waals surface area contributed by atoms with Crippen molar-refractivity contribution < 1.29 is 14.3 Å². The number of rotatable bonds is 4. The summed E-state index contributed by atoms with van der Waals surface area (Å²) in [4.78, 5) is 16.1. The van der Waals surface area contributed by atoms with Crippen LogP contribution in [0.2, 0.25) is 15.1 Å². The molecule has 7 heteroatoms. The van der Waals surface area contributed by atoms with Crippen molar-refractivity contribution in [2.45, 2.75) is 0 Å². The lowest BCUT2D eigenvalue weighted by Gasteiger charge is -2.08. The molecule has 0 spiro atoms. The van der Waals surface area contributed by atoms with Gasteiger partial charge in [0.2, 0.25) is 5.88 Å². The van der Waals surface area contributed by atoms with Crippen molar-refractivity contribution in [3.05, 3.63) is 81.4 Å². The van der Waals surface area contributed by atoms with Crippen LogP contribution in [0.3, 0.4) is 0 Å². The first-order valence-electron chi connectivity index (χ1n) is 7.08. The molecule has 126 valence electrons. The van der Waals surface area contributed by atoms with E-state index in [1.807, 2.05) is 0 Å². The summed E-state index contributed by atoms with van der Waals surface area (Å²) in [6.45, 7) is 0. The van der Waals surface area contributed by atoms with Crippen LogP contribution in [0, 0.1) is 0 Å². The molecular weight excluding hydrogens is 385 g/mol. The highest BCUT2D eigenvalue weighted by molar-refractivity contribution is 6.35. The number of esters is 1. The Balaban J connectivity index is 1.70. The average molecular weight is 395 g/mol. The van der Waals surface area contributed by atoms with E-state index in [2.05, 4.69) is 4.98 Å². The van der Waals surface area contributed by atoms with Crippen molar-refractivity contribution in [2.75, 3.05) is 0 Å². The smallest absolute Gasteiger partial charge is 0.345 e. The second kappa shape index (κ2) is 7.74. The van der Waals surface area contributed by atoms with Crippen molar-refractivity contribution in [2.24, 2.45) is 0 Å². The van der Waals surface area contributed by atoms with Crippen LogP contribution in [0.25, 0.3) is 0 Å². The minimum Gasteiger partial charge on any atom is -0.438 e. The second-order valence-electron chi connectivity index (χ2n) is 4.88. The Bertz CT molecular complexity index is 914. The maximum Gasteiger partial charge on any atom is 0.345 e. The molecule has 1 aromatic heterocycles. The third-order valence-electron chi connectivity index (χ3n) is 3.12. The third-order valence-corrected chi connectivity index (χ3v) is 3.92. The molecule has 0 unspecified atom stereocenters.